The van der Waals surface area contributed by atoms with E-state index in [0.717, 1.165) is 18.2 Å². The largest absolute Gasteiger partial charge is 0.477 e. The first-order valence-corrected chi connectivity index (χ1v) is 6.23. The van der Waals surface area contributed by atoms with Crippen molar-refractivity contribution in [3.8, 4) is 5.88 Å². The van der Waals surface area contributed by atoms with Crippen LogP contribution >= 0.6 is 0 Å². The van der Waals surface area contributed by atoms with Gasteiger partial charge in [-0.2, -0.15) is 0 Å². The number of hydrogen-bond acceptors (Lipinski definition) is 4. The van der Waals surface area contributed by atoms with E-state index >= 15 is 0 Å². The Morgan fingerprint density at radius 1 is 1.47 bits per heavy atom. The van der Waals surface area contributed by atoms with E-state index in [9.17, 15) is 0 Å². The van der Waals surface area contributed by atoms with E-state index in [4.69, 9.17) is 4.74 Å². The molecule has 1 aliphatic heterocycles. The summed E-state index contributed by atoms with van der Waals surface area (Å²) in [6.07, 6.45) is 4.22. The van der Waals surface area contributed by atoms with Crippen molar-refractivity contribution in [3.05, 3.63) is 18.3 Å². The quantitative estimate of drug-likeness (QED) is 0.864. The summed E-state index contributed by atoms with van der Waals surface area (Å²) in [6, 6.07) is 3.87. The first kappa shape index (κ1) is 12.2. The highest BCUT2D eigenvalue weighted by molar-refractivity contribution is 5.44. The Balaban J connectivity index is 1.81. The van der Waals surface area contributed by atoms with Crippen molar-refractivity contribution in [1.82, 2.24) is 9.88 Å². The zero-order valence-corrected chi connectivity index (χ0v) is 10.6. The first-order valence-electron chi connectivity index (χ1n) is 6.23. The summed E-state index contributed by atoms with van der Waals surface area (Å²) in [4.78, 5) is 6.59. The average Bonchev–Trinajstić information content (AvgIpc) is 2.38. The summed E-state index contributed by atoms with van der Waals surface area (Å²) in [6.45, 7) is 3.14. The summed E-state index contributed by atoms with van der Waals surface area (Å²) >= 11 is 0. The molecule has 1 aliphatic rings. The molecule has 4 nitrogen and oxygen atoms in total. The summed E-state index contributed by atoms with van der Waals surface area (Å²) in [5.74, 6) is 1.39. The molecule has 1 aromatic heterocycles. The van der Waals surface area contributed by atoms with Gasteiger partial charge in [0.25, 0.3) is 0 Å². The lowest BCUT2D eigenvalue weighted by Gasteiger charge is -2.28. The number of likely N-dealkylation sites (tertiary alicyclic amines) is 1. The lowest BCUT2D eigenvalue weighted by molar-refractivity contribution is 0.157. The highest BCUT2D eigenvalue weighted by Crippen LogP contribution is 2.19. The van der Waals surface area contributed by atoms with E-state index in [1.54, 1.807) is 6.20 Å². The molecule has 4 heteroatoms. The zero-order valence-electron chi connectivity index (χ0n) is 10.6. The van der Waals surface area contributed by atoms with Crippen LogP contribution < -0.4 is 10.1 Å². The van der Waals surface area contributed by atoms with Crippen LogP contribution in [0.25, 0.3) is 0 Å². The van der Waals surface area contributed by atoms with Gasteiger partial charge in [0.05, 0.1) is 6.61 Å². The van der Waals surface area contributed by atoms with Crippen molar-refractivity contribution in [3.63, 3.8) is 0 Å². The van der Waals surface area contributed by atoms with Gasteiger partial charge in [-0.05, 0) is 45.0 Å². The zero-order chi connectivity index (χ0) is 12.1. The van der Waals surface area contributed by atoms with Crippen LogP contribution in [-0.4, -0.2) is 43.7 Å². The molecule has 17 heavy (non-hydrogen) atoms. The van der Waals surface area contributed by atoms with Gasteiger partial charge < -0.3 is 15.0 Å². The van der Waals surface area contributed by atoms with Gasteiger partial charge in [-0.1, -0.05) is 0 Å². The Kier molecular flexibility index (Phi) is 4.20. The Hall–Kier alpha value is -1.29. The van der Waals surface area contributed by atoms with Crippen molar-refractivity contribution in [2.24, 2.45) is 5.92 Å². The SMILES string of the molecule is CNc1ccnc(OCC2CCN(C)CC2)c1. The highest BCUT2D eigenvalue weighted by atomic mass is 16.5. The second-order valence-corrected chi connectivity index (χ2v) is 4.69. The summed E-state index contributed by atoms with van der Waals surface area (Å²) in [5.41, 5.74) is 1.04. The molecule has 1 saturated heterocycles. The van der Waals surface area contributed by atoms with E-state index in [1.165, 1.54) is 25.9 Å². The van der Waals surface area contributed by atoms with E-state index < -0.39 is 0 Å². The van der Waals surface area contributed by atoms with Crippen LogP contribution in [0.4, 0.5) is 5.69 Å². The third kappa shape index (κ3) is 3.60. The predicted molar refractivity (Wildman–Crippen MR) is 69.5 cm³/mol. The molecule has 0 amide bonds. The molecule has 0 unspecified atom stereocenters. The second kappa shape index (κ2) is 5.87. The number of nitrogens with zero attached hydrogens (tertiary/aromatic N) is 2. The minimum absolute atomic E-state index is 0.672. The maximum atomic E-state index is 5.75. The van der Waals surface area contributed by atoms with Crippen LogP contribution in [0, 0.1) is 5.92 Å². The average molecular weight is 235 g/mol. The third-order valence-corrected chi connectivity index (χ3v) is 3.33. The van der Waals surface area contributed by atoms with E-state index in [1.807, 2.05) is 19.2 Å². The molecule has 94 valence electrons. The van der Waals surface area contributed by atoms with Crippen LogP contribution in [0.15, 0.2) is 18.3 Å². The summed E-state index contributed by atoms with van der Waals surface area (Å²) < 4.78 is 5.75. The second-order valence-electron chi connectivity index (χ2n) is 4.69. The van der Waals surface area contributed by atoms with Gasteiger partial charge in [0.2, 0.25) is 5.88 Å². The molecule has 2 rings (SSSR count). The number of pyridine rings is 1. The summed E-state index contributed by atoms with van der Waals surface area (Å²) in [5, 5.41) is 3.08. The van der Waals surface area contributed by atoms with Crippen molar-refractivity contribution in [2.75, 3.05) is 39.1 Å². The molecule has 0 bridgehead atoms. The van der Waals surface area contributed by atoms with Crippen LogP contribution in [0.2, 0.25) is 0 Å². The van der Waals surface area contributed by atoms with Crippen molar-refractivity contribution in [2.45, 2.75) is 12.8 Å². The number of aromatic nitrogens is 1. The molecular weight excluding hydrogens is 214 g/mol. The number of anilines is 1. The van der Waals surface area contributed by atoms with E-state index in [-0.39, 0.29) is 0 Å². The van der Waals surface area contributed by atoms with E-state index in [0.29, 0.717) is 5.92 Å². The van der Waals surface area contributed by atoms with Gasteiger partial charge in [0, 0.05) is 25.0 Å². The highest BCUT2D eigenvalue weighted by Gasteiger charge is 2.17. The molecule has 2 heterocycles. The maximum absolute atomic E-state index is 5.75. The first-order chi connectivity index (χ1) is 8.28. The lowest BCUT2D eigenvalue weighted by Crippen LogP contribution is -2.32. The predicted octanol–water partition coefficient (Wildman–Crippen LogP) is 1.84. The van der Waals surface area contributed by atoms with Gasteiger partial charge >= 0.3 is 0 Å². The number of hydrogen-bond donors (Lipinski definition) is 1. The van der Waals surface area contributed by atoms with Crippen LogP contribution in [-0.2, 0) is 0 Å². The number of nitrogens with one attached hydrogen (secondary N) is 1. The fourth-order valence-corrected chi connectivity index (χ4v) is 2.08. The minimum Gasteiger partial charge on any atom is -0.477 e. The molecule has 0 spiro atoms. The normalized spacial score (nSPS) is 18.0. The fraction of sp³-hybridized carbons (Fsp3) is 0.615. The Labute approximate surface area is 103 Å². The molecule has 0 saturated carbocycles. The van der Waals surface area contributed by atoms with Crippen LogP contribution in [0.3, 0.4) is 0 Å². The monoisotopic (exact) mass is 235 g/mol. The van der Waals surface area contributed by atoms with Crippen LogP contribution in [0.5, 0.6) is 5.88 Å². The topological polar surface area (TPSA) is 37.4 Å². The molecule has 1 fully saturated rings. The van der Waals surface area contributed by atoms with Gasteiger partial charge in [0.15, 0.2) is 0 Å². The number of rotatable bonds is 4. The van der Waals surface area contributed by atoms with Gasteiger partial charge in [0.1, 0.15) is 0 Å². The molecule has 1 aromatic rings. The Bertz CT molecular complexity index is 348. The molecule has 1 N–H and O–H groups in total. The number of ether oxygens (including phenoxy) is 1. The van der Waals surface area contributed by atoms with Gasteiger partial charge in [-0.15, -0.1) is 0 Å². The van der Waals surface area contributed by atoms with Crippen LogP contribution in [0.1, 0.15) is 12.8 Å². The Morgan fingerprint density at radius 3 is 2.94 bits per heavy atom. The number of piperidine rings is 1. The fourth-order valence-electron chi connectivity index (χ4n) is 2.08. The molecule has 0 radical (unpaired) electrons. The minimum atomic E-state index is 0.672. The van der Waals surface area contributed by atoms with Crippen molar-refractivity contribution >= 4 is 5.69 Å². The molecule has 0 atom stereocenters. The Morgan fingerprint density at radius 2 is 2.24 bits per heavy atom. The standard InChI is InChI=1S/C13H21N3O/c1-14-12-3-6-15-13(9-12)17-10-11-4-7-16(2)8-5-11/h3,6,9,11H,4-5,7-8,10H2,1-2H3,(H,14,15). The molecule has 0 aromatic carbocycles. The smallest absolute Gasteiger partial charge is 0.215 e. The third-order valence-electron chi connectivity index (χ3n) is 3.33. The van der Waals surface area contributed by atoms with Crippen molar-refractivity contribution in [1.29, 1.82) is 0 Å². The van der Waals surface area contributed by atoms with Crippen molar-refractivity contribution < 1.29 is 4.74 Å². The maximum Gasteiger partial charge on any atom is 0.215 e. The molecule has 0 aliphatic carbocycles. The summed E-state index contributed by atoms with van der Waals surface area (Å²) in [7, 11) is 4.07. The lowest BCUT2D eigenvalue weighted by atomic mass is 9.98. The van der Waals surface area contributed by atoms with Gasteiger partial charge in [-0.3, -0.25) is 0 Å². The molecular formula is C13H21N3O. The van der Waals surface area contributed by atoms with Gasteiger partial charge in [-0.25, -0.2) is 4.98 Å². The van der Waals surface area contributed by atoms with E-state index in [2.05, 4.69) is 22.2 Å².